The van der Waals surface area contributed by atoms with E-state index in [1.165, 1.54) is 6.07 Å². The molecule has 0 spiro atoms. The van der Waals surface area contributed by atoms with Crippen LogP contribution in [0.3, 0.4) is 0 Å². The molecule has 0 atom stereocenters. The number of hydrogen-bond acceptors (Lipinski definition) is 3. The number of aryl methyl sites for hydroxylation is 1. The van der Waals surface area contributed by atoms with Crippen LogP contribution in [0.1, 0.15) is 12.0 Å². The summed E-state index contributed by atoms with van der Waals surface area (Å²) in [6, 6.07) is 4.70. The van der Waals surface area contributed by atoms with Crippen molar-refractivity contribution in [2.75, 3.05) is 27.2 Å². The molecule has 0 radical (unpaired) electrons. The third kappa shape index (κ3) is 4.57. The minimum Gasteiger partial charge on any atom is -0.309 e. The molecule has 0 heterocycles. The van der Waals surface area contributed by atoms with Gasteiger partial charge in [0.1, 0.15) is 0 Å². The Morgan fingerprint density at radius 3 is 2.56 bits per heavy atom. The molecule has 0 aromatic heterocycles. The summed E-state index contributed by atoms with van der Waals surface area (Å²) in [4.78, 5) is 2.27. The second-order valence-corrected chi connectivity index (χ2v) is 6.64. The fourth-order valence-corrected chi connectivity index (χ4v) is 2.75. The molecule has 0 fully saturated rings. The van der Waals surface area contributed by atoms with Crippen LogP contribution in [-0.2, 0) is 10.0 Å². The minimum atomic E-state index is -3.42. The summed E-state index contributed by atoms with van der Waals surface area (Å²) in [7, 11) is 0.486. The van der Waals surface area contributed by atoms with Crippen LogP contribution in [0, 0.1) is 6.92 Å². The Hall–Kier alpha value is -0.620. The van der Waals surface area contributed by atoms with Crippen LogP contribution in [0.2, 0.25) is 5.02 Å². The van der Waals surface area contributed by atoms with Crippen molar-refractivity contribution in [3.8, 4) is 0 Å². The fraction of sp³-hybridized carbons (Fsp3) is 0.500. The van der Waals surface area contributed by atoms with Gasteiger partial charge in [-0.3, -0.25) is 0 Å². The van der Waals surface area contributed by atoms with Crippen molar-refractivity contribution in [2.24, 2.45) is 0 Å². The van der Waals surface area contributed by atoms with E-state index >= 15 is 0 Å². The van der Waals surface area contributed by atoms with Crippen LogP contribution in [0.25, 0.3) is 0 Å². The molecule has 1 aromatic carbocycles. The zero-order chi connectivity index (χ0) is 13.8. The Balaban J connectivity index is 2.66. The van der Waals surface area contributed by atoms with Crippen molar-refractivity contribution in [1.82, 2.24) is 9.62 Å². The molecule has 6 heteroatoms. The molecule has 0 aliphatic heterocycles. The van der Waals surface area contributed by atoms with Crippen LogP contribution in [0.15, 0.2) is 23.1 Å². The SMILES string of the molecule is Cc1cc(S(=O)(=O)NCCCN(C)C)ccc1Cl. The largest absolute Gasteiger partial charge is 0.309 e. The van der Waals surface area contributed by atoms with E-state index in [1.807, 2.05) is 19.0 Å². The lowest BCUT2D eigenvalue weighted by Gasteiger charge is -2.11. The standard InChI is InChI=1S/C12H19ClN2O2S/c1-10-9-11(5-6-12(10)13)18(16,17)14-7-4-8-15(2)3/h5-6,9,14H,4,7-8H2,1-3H3. The molecule has 0 unspecified atom stereocenters. The van der Waals surface area contributed by atoms with E-state index in [0.29, 0.717) is 11.6 Å². The highest BCUT2D eigenvalue weighted by Gasteiger charge is 2.13. The van der Waals surface area contributed by atoms with Gasteiger partial charge >= 0.3 is 0 Å². The van der Waals surface area contributed by atoms with Crippen molar-refractivity contribution in [3.63, 3.8) is 0 Å². The lowest BCUT2D eigenvalue weighted by atomic mass is 10.2. The molecule has 4 nitrogen and oxygen atoms in total. The van der Waals surface area contributed by atoms with Gasteiger partial charge in [0, 0.05) is 11.6 Å². The van der Waals surface area contributed by atoms with E-state index in [0.717, 1.165) is 18.5 Å². The maximum Gasteiger partial charge on any atom is 0.240 e. The van der Waals surface area contributed by atoms with Gasteiger partial charge in [-0.25, -0.2) is 13.1 Å². The highest BCUT2D eigenvalue weighted by Crippen LogP contribution is 2.19. The van der Waals surface area contributed by atoms with Gasteiger partial charge in [0.05, 0.1) is 4.90 Å². The fourth-order valence-electron chi connectivity index (χ4n) is 1.47. The van der Waals surface area contributed by atoms with Gasteiger partial charge in [0.25, 0.3) is 0 Å². The van der Waals surface area contributed by atoms with Gasteiger partial charge in [-0.05, 0) is 57.7 Å². The van der Waals surface area contributed by atoms with E-state index in [1.54, 1.807) is 19.1 Å². The summed E-state index contributed by atoms with van der Waals surface area (Å²) in [6.45, 7) is 3.07. The van der Waals surface area contributed by atoms with Crippen LogP contribution in [-0.4, -0.2) is 40.5 Å². The van der Waals surface area contributed by atoms with Gasteiger partial charge < -0.3 is 4.90 Å². The summed E-state index contributed by atoms with van der Waals surface area (Å²) in [5.41, 5.74) is 0.757. The maximum absolute atomic E-state index is 12.0. The number of sulfonamides is 1. The number of nitrogens with zero attached hydrogens (tertiary/aromatic N) is 1. The summed E-state index contributed by atoms with van der Waals surface area (Å²) < 4.78 is 26.5. The Bertz CT molecular complexity index is 501. The molecular weight excluding hydrogens is 272 g/mol. The van der Waals surface area contributed by atoms with Gasteiger partial charge in [-0.2, -0.15) is 0 Å². The second kappa shape index (κ2) is 6.52. The number of benzene rings is 1. The molecule has 0 bridgehead atoms. The molecule has 18 heavy (non-hydrogen) atoms. The van der Waals surface area contributed by atoms with Crippen LogP contribution >= 0.6 is 11.6 Å². The van der Waals surface area contributed by atoms with Gasteiger partial charge in [-0.1, -0.05) is 11.6 Å². The zero-order valence-electron chi connectivity index (χ0n) is 10.9. The van der Waals surface area contributed by atoms with Crippen LogP contribution < -0.4 is 4.72 Å². The first-order valence-electron chi connectivity index (χ1n) is 5.73. The Labute approximate surface area is 114 Å². The summed E-state index contributed by atoms with van der Waals surface area (Å²) in [5.74, 6) is 0. The average molecular weight is 291 g/mol. The number of halogens is 1. The quantitative estimate of drug-likeness (QED) is 0.814. The Kier molecular flexibility index (Phi) is 5.59. The first-order valence-corrected chi connectivity index (χ1v) is 7.59. The Morgan fingerprint density at radius 1 is 1.33 bits per heavy atom. The van der Waals surface area contributed by atoms with E-state index in [9.17, 15) is 8.42 Å². The van der Waals surface area contributed by atoms with E-state index in [-0.39, 0.29) is 4.90 Å². The first-order chi connectivity index (χ1) is 8.33. The molecule has 102 valence electrons. The van der Waals surface area contributed by atoms with E-state index in [2.05, 4.69) is 4.72 Å². The van der Waals surface area contributed by atoms with Crippen molar-refractivity contribution in [1.29, 1.82) is 0 Å². The number of rotatable bonds is 6. The highest BCUT2D eigenvalue weighted by atomic mass is 35.5. The third-order valence-corrected chi connectivity index (χ3v) is 4.40. The molecule has 0 saturated heterocycles. The molecule has 1 rings (SSSR count). The zero-order valence-corrected chi connectivity index (χ0v) is 12.5. The highest BCUT2D eigenvalue weighted by molar-refractivity contribution is 7.89. The average Bonchev–Trinajstić information content (AvgIpc) is 2.28. The number of nitrogens with one attached hydrogen (secondary N) is 1. The van der Waals surface area contributed by atoms with Crippen LogP contribution in [0.4, 0.5) is 0 Å². The van der Waals surface area contributed by atoms with Crippen molar-refractivity contribution >= 4 is 21.6 Å². The molecule has 1 N–H and O–H groups in total. The van der Waals surface area contributed by atoms with Crippen molar-refractivity contribution in [3.05, 3.63) is 28.8 Å². The third-order valence-electron chi connectivity index (χ3n) is 2.51. The van der Waals surface area contributed by atoms with E-state index < -0.39 is 10.0 Å². The predicted molar refractivity (Wildman–Crippen MR) is 74.5 cm³/mol. The molecule has 1 aromatic rings. The van der Waals surface area contributed by atoms with E-state index in [4.69, 9.17) is 11.6 Å². The van der Waals surface area contributed by atoms with Crippen LogP contribution in [0.5, 0.6) is 0 Å². The van der Waals surface area contributed by atoms with Gasteiger partial charge in [0.15, 0.2) is 0 Å². The molecule has 0 aliphatic rings. The lowest BCUT2D eigenvalue weighted by molar-refractivity contribution is 0.400. The topological polar surface area (TPSA) is 49.4 Å². The second-order valence-electron chi connectivity index (χ2n) is 4.47. The minimum absolute atomic E-state index is 0.259. The normalized spacial score (nSPS) is 12.1. The first kappa shape index (κ1) is 15.4. The monoisotopic (exact) mass is 290 g/mol. The predicted octanol–water partition coefficient (Wildman–Crippen LogP) is 1.88. The number of hydrogen-bond donors (Lipinski definition) is 1. The van der Waals surface area contributed by atoms with Crippen molar-refractivity contribution < 1.29 is 8.42 Å². The molecule has 0 aliphatic carbocycles. The maximum atomic E-state index is 12.0. The van der Waals surface area contributed by atoms with Crippen molar-refractivity contribution in [2.45, 2.75) is 18.2 Å². The molecule has 0 amide bonds. The summed E-state index contributed by atoms with van der Waals surface area (Å²) in [5, 5.41) is 0.571. The smallest absolute Gasteiger partial charge is 0.240 e. The van der Waals surface area contributed by atoms with Gasteiger partial charge in [0.2, 0.25) is 10.0 Å². The lowest BCUT2D eigenvalue weighted by Crippen LogP contribution is -2.27. The summed E-state index contributed by atoms with van der Waals surface area (Å²) >= 11 is 5.87. The van der Waals surface area contributed by atoms with Gasteiger partial charge in [-0.15, -0.1) is 0 Å². The summed E-state index contributed by atoms with van der Waals surface area (Å²) in [6.07, 6.45) is 0.777. The molecular formula is C12H19ClN2O2S. The molecule has 0 saturated carbocycles. The Morgan fingerprint density at radius 2 is 2.00 bits per heavy atom.